The van der Waals surface area contributed by atoms with E-state index in [-0.39, 0.29) is 5.91 Å². The van der Waals surface area contributed by atoms with Gasteiger partial charge in [-0.25, -0.2) is 0 Å². The largest absolute Gasteiger partial charge is 0.361 e. The molecule has 0 saturated heterocycles. The maximum atomic E-state index is 11.7. The van der Waals surface area contributed by atoms with Gasteiger partial charge in [0.2, 0.25) is 5.91 Å². The third kappa shape index (κ3) is 3.05. The standard InChI is InChI=1S/C15H19N3O2/c1-2-13(16)15(20)18-11(9-19)7-10-8-17-14-6-4-3-5-12(10)14/h3-6,8-9,11,13,17H,2,7,16H2,1H3,(H,18,20)/t11-,13-/m0/s1. The van der Waals surface area contributed by atoms with Gasteiger partial charge in [0.15, 0.2) is 0 Å². The molecule has 0 fully saturated rings. The van der Waals surface area contributed by atoms with Crippen LogP contribution in [0, 0.1) is 0 Å². The van der Waals surface area contributed by atoms with Gasteiger partial charge in [-0.15, -0.1) is 0 Å². The number of rotatable bonds is 6. The number of nitrogens with one attached hydrogen (secondary N) is 2. The van der Waals surface area contributed by atoms with E-state index < -0.39 is 12.1 Å². The number of hydrogen-bond donors (Lipinski definition) is 3. The number of benzene rings is 1. The van der Waals surface area contributed by atoms with Crippen molar-refractivity contribution in [3.63, 3.8) is 0 Å². The SMILES string of the molecule is CC[C@H](N)C(=O)N[C@H](C=O)Cc1c[nH]c2ccccc12. The first kappa shape index (κ1) is 14.3. The number of aldehydes is 1. The molecule has 5 heteroatoms. The second kappa shape index (κ2) is 6.34. The lowest BCUT2D eigenvalue weighted by Gasteiger charge is -2.15. The summed E-state index contributed by atoms with van der Waals surface area (Å²) in [6.07, 6.45) is 3.62. The van der Waals surface area contributed by atoms with Crippen molar-refractivity contribution in [2.24, 2.45) is 5.73 Å². The highest BCUT2D eigenvalue weighted by Gasteiger charge is 2.17. The number of carbonyl (C=O) groups excluding carboxylic acids is 2. The maximum Gasteiger partial charge on any atom is 0.237 e. The number of fused-ring (bicyclic) bond motifs is 1. The summed E-state index contributed by atoms with van der Waals surface area (Å²) in [6.45, 7) is 1.83. The van der Waals surface area contributed by atoms with E-state index in [0.717, 1.165) is 22.8 Å². The lowest BCUT2D eigenvalue weighted by Crippen LogP contribution is -2.46. The van der Waals surface area contributed by atoms with Gasteiger partial charge in [-0.2, -0.15) is 0 Å². The molecule has 4 N–H and O–H groups in total. The number of carbonyl (C=O) groups is 2. The molecule has 0 radical (unpaired) electrons. The molecule has 0 aliphatic rings. The Bertz CT molecular complexity index is 606. The number of hydrogen-bond acceptors (Lipinski definition) is 3. The molecule has 2 rings (SSSR count). The zero-order chi connectivity index (χ0) is 14.5. The Morgan fingerprint density at radius 3 is 2.90 bits per heavy atom. The van der Waals surface area contributed by atoms with Crippen LogP contribution in [0.25, 0.3) is 10.9 Å². The fourth-order valence-electron chi connectivity index (χ4n) is 2.15. The molecule has 0 spiro atoms. The van der Waals surface area contributed by atoms with Crippen molar-refractivity contribution in [2.45, 2.75) is 31.8 Å². The summed E-state index contributed by atoms with van der Waals surface area (Å²) in [7, 11) is 0. The van der Waals surface area contributed by atoms with E-state index in [1.807, 2.05) is 37.4 Å². The van der Waals surface area contributed by atoms with E-state index in [1.165, 1.54) is 0 Å². The van der Waals surface area contributed by atoms with Crippen LogP contribution in [0.15, 0.2) is 30.5 Å². The smallest absolute Gasteiger partial charge is 0.237 e. The summed E-state index contributed by atoms with van der Waals surface area (Å²) < 4.78 is 0. The van der Waals surface area contributed by atoms with Gasteiger partial charge < -0.3 is 20.8 Å². The average Bonchev–Trinajstić information content (AvgIpc) is 2.88. The Kier molecular flexibility index (Phi) is 4.53. The van der Waals surface area contributed by atoms with Crippen molar-refractivity contribution in [1.82, 2.24) is 10.3 Å². The lowest BCUT2D eigenvalue weighted by atomic mass is 10.1. The van der Waals surface area contributed by atoms with E-state index in [2.05, 4.69) is 10.3 Å². The summed E-state index contributed by atoms with van der Waals surface area (Å²) in [6, 6.07) is 6.73. The molecule has 1 heterocycles. The third-order valence-corrected chi connectivity index (χ3v) is 3.38. The molecule has 5 nitrogen and oxygen atoms in total. The topological polar surface area (TPSA) is 88.0 Å². The van der Waals surface area contributed by atoms with Crippen molar-refractivity contribution in [1.29, 1.82) is 0 Å². The van der Waals surface area contributed by atoms with E-state index >= 15 is 0 Å². The van der Waals surface area contributed by atoms with E-state index in [9.17, 15) is 9.59 Å². The predicted molar refractivity (Wildman–Crippen MR) is 78.3 cm³/mol. The van der Waals surface area contributed by atoms with Crippen molar-refractivity contribution in [3.05, 3.63) is 36.0 Å². The zero-order valence-corrected chi connectivity index (χ0v) is 11.4. The molecule has 0 unspecified atom stereocenters. The van der Waals surface area contributed by atoms with Crippen molar-refractivity contribution >= 4 is 23.1 Å². The fourth-order valence-corrected chi connectivity index (χ4v) is 2.15. The van der Waals surface area contributed by atoms with Gasteiger partial charge in [-0.1, -0.05) is 25.1 Å². The summed E-state index contributed by atoms with van der Waals surface area (Å²) >= 11 is 0. The van der Waals surface area contributed by atoms with Crippen LogP contribution in [-0.4, -0.2) is 29.3 Å². The van der Waals surface area contributed by atoms with Gasteiger partial charge in [-0.3, -0.25) is 4.79 Å². The van der Waals surface area contributed by atoms with Gasteiger partial charge in [0.25, 0.3) is 0 Å². The van der Waals surface area contributed by atoms with E-state index in [4.69, 9.17) is 5.73 Å². The molecule has 1 aromatic carbocycles. The Balaban J connectivity index is 2.10. The second-order valence-corrected chi connectivity index (χ2v) is 4.83. The van der Waals surface area contributed by atoms with Gasteiger partial charge >= 0.3 is 0 Å². The van der Waals surface area contributed by atoms with Crippen LogP contribution >= 0.6 is 0 Å². The molecule has 1 amide bonds. The highest BCUT2D eigenvalue weighted by molar-refractivity contribution is 5.86. The monoisotopic (exact) mass is 273 g/mol. The minimum Gasteiger partial charge on any atom is -0.361 e. The molecule has 106 valence electrons. The molecule has 2 aromatic rings. The predicted octanol–water partition coefficient (Wildman–Crippen LogP) is 1.13. The van der Waals surface area contributed by atoms with Crippen molar-refractivity contribution in [3.8, 4) is 0 Å². The summed E-state index contributed by atoms with van der Waals surface area (Å²) in [5.74, 6) is -0.288. The van der Waals surface area contributed by atoms with Crippen LogP contribution in [0.2, 0.25) is 0 Å². The highest BCUT2D eigenvalue weighted by atomic mass is 16.2. The van der Waals surface area contributed by atoms with E-state index in [0.29, 0.717) is 12.8 Å². The Hall–Kier alpha value is -2.14. The minimum absolute atomic E-state index is 0.288. The van der Waals surface area contributed by atoms with Crippen LogP contribution in [0.3, 0.4) is 0 Å². The number of aromatic amines is 1. The quantitative estimate of drug-likeness (QED) is 0.689. The third-order valence-electron chi connectivity index (χ3n) is 3.38. The first-order valence-corrected chi connectivity index (χ1v) is 6.72. The molecule has 0 aliphatic heterocycles. The number of aromatic nitrogens is 1. The zero-order valence-electron chi connectivity index (χ0n) is 11.4. The number of nitrogens with two attached hydrogens (primary N) is 1. The molecule has 20 heavy (non-hydrogen) atoms. The first-order valence-electron chi connectivity index (χ1n) is 6.72. The van der Waals surface area contributed by atoms with Gasteiger partial charge in [0.05, 0.1) is 12.1 Å². The fraction of sp³-hybridized carbons (Fsp3) is 0.333. The van der Waals surface area contributed by atoms with Gasteiger partial charge in [-0.05, 0) is 18.1 Å². The lowest BCUT2D eigenvalue weighted by molar-refractivity contribution is -0.125. The molecule has 2 atom stereocenters. The average molecular weight is 273 g/mol. The minimum atomic E-state index is -0.569. The second-order valence-electron chi connectivity index (χ2n) is 4.83. The van der Waals surface area contributed by atoms with Gasteiger partial charge in [0, 0.05) is 23.5 Å². The van der Waals surface area contributed by atoms with Crippen molar-refractivity contribution in [2.75, 3.05) is 0 Å². The van der Waals surface area contributed by atoms with Crippen molar-refractivity contribution < 1.29 is 9.59 Å². The van der Waals surface area contributed by atoms with Crippen LogP contribution in [0.4, 0.5) is 0 Å². The van der Waals surface area contributed by atoms with Crippen LogP contribution in [0.1, 0.15) is 18.9 Å². The maximum absolute atomic E-state index is 11.7. The molecule has 0 bridgehead atoms. The summed E-state index contributed by atoms with van der Waals surface area (Å²) in [4.78, 5) is 26.0. The molecule has 0 saturated carbocycles. The summed E-state index contributed by atoms with van der Waals surface area (Å²) in [5, 5.41) is 3.74. The summed E-state index contributed by atoms with van der Waals surface area (Å²) in [5.41, 5.74) is 7.67. The normalized spacial score (nSPS) is 13.9. The van der Waals surface area contributed by atoms with E-state index in [1.54, 1.807) is 0 Å². The van der Waals surface area contributed by atoms with Crippen LogP contribution in [0.5, 0.6) is 0 Å². The Morgan fingerprint density at radius 2 is 2.20 bits per heavy atom. The molecular weight excluding hydrogens is 254 g/mol. The van der Waals surface area contributed by atoms with Gasteiger partial charge in [0.1, 0.15) is 6.29 Å². The molecular formula is C15H19N3O2. The van der Waals surface area contributed by atoms with Crippen LogP contribution in [-0.2, 0) is 16.0 Å². The first-order chi connectivity index (χ1) is 9.65. The Labute approximate surface area is 117 Å². The highest BCUT2D eigenvalue weighted by Crippen LogP contribution is 2.18. The molecule has 1 aromatic heterocycles. The number of amides is 1. The van der Waals surface area contributed by atoms with Crippen LogP contribution < -0.4 is 11.1 Å². The number of H-pyrrole nitrogens is 1. The molecule has 0 aliphatic carbocycles. The Morgan fingerprint density at radius 1 is 1.45 bits per heavy atom. The number of para-hydroxylation sites is 1.